The predicted molar refractivity (Wildman–Crippen MR) is 82.1 cm³/mol. The third-order valence-electron chi connectivity index (χ3n) is 3.94. The van der Waals surface area contributed by atoms with Crippen LogP contribution in [-0.2, 0) is 16.0 Å². The van der Waals surface area contributed by atoms with E-state index in [4.69, 9.17) is 9.15 Å². The first-order chi connectivity index (χ1) is 11.6. The molecule has 1 N–H and O–H groups in total. The summed E-state index contributed by atoms with van der Waals surface area (Å²) in [6.07, 6.45) is 2.69. The van der Waals surface area contributed by atoms with Gasteiger partial charge in [-0.2, -0.15) is 0 Å². The van der Waals surface area contributed by atoms with Crippen molar-refractivity contribution in [3.05, 3.63) is 41.9 Å². The summed E-state index contributed by atoms with van der Waals surface area (Å²) >= 11 is 0. The first-order valence-corrected chi connectivity index (χ1v) is 7.87. The number of aromatic nitrogens is 1. The van der Waals surface area contributed by atoms with Crippen molar-refractivity contribution in [1.29, 1.82) is 0 Å². The molecular formula is C17H18F2N2O3. The van der Waals surface area contributed by atoms with Gasteiger partial charge in [-0.1, -0.05) is 6.07 Å². The molecule has 0 saturated carbocycles. The molecule has 5 nitrogen and oxygen atoms in total. The fraction of sp³-hybridized carbons (Fsp3) is 0.412. The van der Waals surface area contributed by atoms with Crippen molar-refractivity contribution in [2.24, 2.45) is 5.92 Å². The number of benzene rings is 1. The predicted octanol–water partition coefficient (Wildman–Crippen LogP) is 2.71. The van der Waals surface area contributed by atoms with Crippen molar-refractivity contribution in [2.45, 2.75) is 19.3 Å². The summed E-state index contributed by atoms with van der Waals surface area (Å²) in [7, 11) is 0. The quantitative estimate of drug-likeness (QED) is 0.881. The Morgan fingerprint density at radius 2 is 2.12 bits per heavy atom. The molecule has 0 spiro atoms. The lowest BCUT2D eigenvalue weighted by atomic mass is 10.1. The number of nitrogens with one attached hydrogen (secondary N) is 1. The molecule has 24 heavy (non-hydrogen) atoms. The second-order valence-electron chi connectivity index (χ2n) is 5.75. The number of oxazole rings is 1. The summed E-state index contributed by atoms with van der Waals surface area (Å²) in [4.78, 5) is 15.8. The summed E-state index contributed by atoms with van der Waals surface area (Å²) in [6.45, 7) is 2.01. The highest BCUT2D eigenvalue weighted by atomic mass is 19.1. The highest BCUT2D eigenvalue weighted by Crippen LogP contribution is 2.26. The zero-order valence-corrected chi connectivity index (χ0v) is 13.1. The Bertz CT molecular complexity index is 691. The molecule has 0 unspecified atom stereocenters. The Kier molecular flexibility index (Phi) is 5.20. The van der Waals surface area contributed by atoms with Gasteiger partial charge >= 0.3 is 0 Å². The smallest absolute Gasteiger partial charge is 0.220 e. The van der Waals surface area contributed by atoms with E-state index < -0.39 is 11.6 Å². The number of hydrogen-bond acceptors (Lipinski definition) is 4. The number of halogens is 2. The summed E-state index contributed by atoms with van der Waals surface area (Å²) in [5.74, 6) is -0.885. The fourth-order valence-corrected chi connectivity index (χ4v) is 2.59. The molecule has 1 amide bonds. The second-order valence-corrected chi connectivity index (χ2v) is 5.75. The van der Waals surface area contributed by atoms with Gasteiger partial charge in [0.15, 0.2) is 11.7 Å². The van der Waals surface area contributed by atoms with Crippen LogP contribution in [-0.4, -0.2) is 30.6 Å². The van der Waals surface area contributed by atoms with Crippen molar-refractivity contribution in [3.8, 4) is 11.3 Å². The third kappa shape index (κ3) is 3.97. The number of rotatable bonds is 6. The van der Waals surface area contributed by atoms with Crippen LogP contribution in [0.3, 0.4) is 0 Å². The van der Waals surface area contributed by atoms with Gasteiger partial charge in [0, 0.05) is 31.9 Å². The van der Waals surface area contributed by atoms with Crippen molar-refractivity contribution >= 4 is 5.91 Å². The van der Waals surface area contributed by atoms with Gasteiger partial charge in [-0.25, -0.2) is 13.8 Å². The fourth-order valence-electron chi connectivity index (χ4n) is 2.59. The summed E-state index contributed by atoms with van der Waals surface area (Å²) < 4.78 is 38.0. The van der Waals surface area contributed by atoms with E-state index in [1.54, 1.807) is 0 Å². The van der Waals surface area contributed by atoms with E-state index in [1.165, 1.54) is 12.3 Å². The molecule has 128 valence electrons. The van der Waals surface area contributed by atoms with Crippen LogP contribution in [0.25, 0.3) is 11.3 Å². The van der Waals surface area contributed by atoms with Crippen LogP contribution in [0.1, 0.15) is 18.7 Å². The SMILES string of the molecule is O=C(CCc1ncc(-c2c(F)cccc2F)o1)NC[C@H]1CCOC1. The van der Waals surface area contributed by atoms with Crippen molar-refractivity contribution in [3.63, 3.8) is 0 Å². The van der Waals surface area contributed by atoms with E-state index in [9.17, 15) is 13.6 Å². The Balaban J connectivity index is 1.53. The largest absolute Gasteiger partial charge is 0.441 e. The zero-order valence-electron chi connectivity index (χ0n) is 13.1. The maximum Gasteiger partial charge on any atom is 0.220 e. The lowest BCUT2D eigenvalue weighted by Gasteiger charge is -2.08. The van der Waals surface area contributed by atoms with Crippen LogP contribution in [0.2, 0.25) is 0 Å². The lowest BCUT2D eigenvalue weighted by molar-refractivity contribution is -0.121. The minimum absolute atomic E-state index is 0.0177. The highest BCUT2D eigenvalue weighted by molar-refractivity contribution is 5.76. The second kappa shape index (κ2) is 7.53. The van der Waals surface area contributed by atoms with Crippen molar-refractivity contribution < 1.29 is 22.7 Å². The first kappa shape index (κ1) is 16.6. The molecule has 1 aliphatic rings. The maximum absolute atomic E-state index is 13.7. The first-order valence-electron chi connectivity index (χ1n) is 7.87. The number of carbonyl (C=O) groups is 1. The van der Waals surface area contributed by atoms with Gasteiger partial charge in [0.1, 0.15) is 11.6 Å². The van der Waals surface area contributed by atoms with E-state index in [1.807, 2.05) is 0 Å². The molecule has 1 atom stereocenters. The van der Waals surface area contributed by atoms with Gasteiger partial charge in [-0.15, -0.1) is 0 Å². The number of ether oxygens (including phenoxy) is 1. The lowest BCUT2D eigenvalue weighted by Crippen LogP contribution is -2.29. The zero-order chi connectivity index (χ0) is 16.9. The molecule has 1 aliphatic heterocycles. The standard InChI is InChI=1S/C17H18F2N2O3/c18-12-2-1-3-13(19)17(12)14-9-21-16(24-14)5-4-15(22)20-8-11-6-7-23-10-11/h1-3,9,11H,4-8,10H2,(H,20,22)/t11-/m1/s1. The number of nitrogens with zero attached hydrogens (tertiary/aromatic N) is 1. The average molecular weight is 336 g/mol. The summed E-state index contributed by atoms with van der Waals surface area (Å²) in [5, 5.41) is 2.84. The van der Waals surface area contributed by atoms with E-state index in [2.05, 4.69) is 10.3 Å². The van der Waals surface area contributed by atoms with E-state index in [-0.39, 0.29) is 36.0 Å². The highest BCUT2D eigenvalue weighted by Gasteiger charge is 2.18. The number of carbonyl (C=O) groups excluding carboxylic acids is 1. The molecule has 1 saturated heterocycles. The Labute approximate surface area is 138 Å². The normalized spacial score (nSPS) is 17.2. The van der Waals surface area contributed by atoms with Crippen molar-refractivity contribution in [1.82, 2.24) is 10.3 Å². The topological polar surface area (TPSA) is 64.4 Å². The van der Waals surface area contributed by atoms with Gasteiger partial charge in [0.2, 0.25) is 5.91 Å². The monoisotopic (exact) mass is 336 g/mol. The molecule has 3 rings (SSSR count). The van der Waals surface area contributed by atoms with Gasteiger partial charge < -0.3 is 14.5 Å². The molecule has 2 aromatic rings. The van der Waals surface area contributed by atoms with Crippen LogP contribution in [0.4, 0.5) is 8.78 Å². The van der Waals surface area contributed by atoms with E-state index in [0.29, 0.717) is 19.1 Å². The van der Waals surface area contributed by atoms with E-state index in [0.717, 1.165) is 25.2 Å². The molecular weight excluding hydrogens is 318 g/mol. The number of hydrogen-bond donors (Lipinski definition) is 1. The van der Waals surface area contributed by atoms with Crippen LogP contribution in [0.5, 0.6) is 0 Å². The number of amides is 1. The molecule has 2 heterocycles. The molecule has 1 aromatic heterocycles. The Hall–Kier alpha value is -2.28. The maximum atomic E-state index is 13.7. The number of aryl methyl sites for hydroxylation is 1. The van der Waals surface area contributed by atoms with Crippen LogP contribution < -0.4 is 5.32 Å². The molecule has 0 aliphatic carbocycles. The minimum Gasteiger partial charge on any atom is -0.441 e. The van der Waals surface area contributed by atoms with Crippen LogP contribution in [0, 0.1) is 17.6 Å². The molecule has 1 aromatic carbocycles. The molecule has 7 heteroatoms. The summed E-state index contributed by atoms with van der Waals surface area (Å²) in [6, 6.07) is 3.59. The molecule has 0 radical (unpaired) electrons. The molecule has 1 fully saturated rings. The third-order valence-corrected chi connectivity index (χ3v) is 3.94. The van der Waals surface area contributed by atoms with Gasteiger partial charge in [-0.3, -0.25) is 4.79 Å². The Morgan fingerprint density at radius 3 is 2.83 bits per heavy atom. The van der Waals surface area contributed by atoms with Crippen molar-refractivity contribution in [2.75, 3.05) is 19.8 Å². The van der Waals surface area contributed by atoms with Gasteiger partial charge in [0.25, 0.3) is 0 Å². The van der Waals surface area contributed by atoms with Crippen LogP contribution >= 0.6 is 0 Å². The van der Waals surface area contributed by atoms with Gasteiger partial charge in [0.05, 0.1) is 18.4 Å². The van der Waals surface area contributed by atoms with Gasteiger partial charge in [-0.05, 0) is 18.6 Å². The van der Waals surface area contributed by atoms with E-state index >= 15 is 0 Å². The average Bonchev–Trinajstić information content (AvgIpc) is 3.23. The Morgan fingerprint density at radius 1 is 1.33 bits per heavy atom. The summed E-state index contributed by atoms with van der Waals surface area (Å²) in [5.41, 5.74) is -0.248. The minimum atomic E-state index is -0.714. The van der Waals surface area contributed by atoms with Crippen LogP contribution in [0.15, 0.2) is 28.8 Å². The molecule has 0 bridgehead atoms.